The van der Waals surface area contributed by atoms with E-state index in [1.165, 1.54) is 28.8 Å². The second-order valence-electron chi connectivity index (χ2n) is 6.59. The summed E-state index contributed by atoms with van der Waals surface area (Å²) in [6.07, 6.45) is 4.66. The van der Waals surface area contributed by atoms with E-state index in [-0.39, 0.29) is 5.82 Å². The average Bonchev–Trinajstić information content (AvgIpc) is 3.20. The summed E-state index contributed by atoms with van der Waals surface area (Å²) in [6, 6.07) is 7.61. The molecule has 0 saturated heterocycles. The minimum Gasteiger partial charge on any atom is -0.347 e. The van der Waals surface area contributed by atoms with Crippen LogP contribution in [0.2, 0.25) is 0 Å². The fourth-order valence-corrected chi connectivity index (χ4v) is 3.74. The number of rotatable bonds is 2. The van der Waals surface area contributed by atoms with Crippen molar-refractivity contribution in [1.29, 1.82) is 0 Å². The van der Waals surface area contributed by atoms with Gasteiger partial charge in [-0.3, -0.25) is 0 Å². The molecule has 1 saturated carbocycles. The highest BCUT2D eigenvalue weighted by Crippen LogP contribution is 2.52. The highest BCUT2D eigenvalue weighted by molar-refractivity contribution is 5.37. The smallest absolute Gasteiger partial charge is 0.123 e. The van der Waals surface area contributed by atoms with Crippen LogP contribution in [0.15, 0.2) is 30.5 Å². The van der Waals surface area contributed by atoms with E-state index in [1.54, 1.807) is 12.1 Å². The van der Waals surface area contributed by atoms with Gasteiger partial charge in [0.2, 0.25) is 0 Å². The molecule has 1 aromatic carbocycles. The van der Waals surface area contributed by atoms with Gasteiger partial charge in [-0.15, -0.1) is 0 Å². The van der Waals surface area contributed by atoms with E-state index in [4.69, 9.17) is 0 Å². The topological polar surface area (TPSA) is 8.17 Å². The molecule has 2 unspecified atom stereocenters. The van der Waals surface area contributed by atoms with Gasteiger partial charge < -0.3 is 9.47 Å². The van der Waals surface area contributed by atoms with Gasteiger partial charge in [0.05, 0.1) is 0 Å². The minimum absolute atomic E-state index is 0.145. The van der Waals surface area contributed by atoms with E-state index in [2.05, 4.69) is 29.6 Å². The molecule has 2 heterocycles. The molecule has 0 radical (unpaired) electrons. The van der Waals surface area contributed by atoms with Gasteiger partial charge in [-0.25, -0.2) is 4.39 Å². The maximum atomic E-state index is 13.0. The number of likely N-dealkylation sites (N-methyl/N-ethyl adjacent to an activating group) is 1. The Balaban J connectivity index is 1.62. The number of aromatic nitrogens is 1. The summed E-state index contributed by atoms with van der Waals surface area (Å²) in [4.78, 5) is 2.39. The van der Waals surface area contributed by atoms with Crippen LogP contribution >= 0.6 is 0 Å². The Hall–Kier alpha value is -1.61. The Morgan fingerprint density at radius 2 is 1.95 bits per heavy atom. The summed E-state index contributed by atoms with van der Waals surface area (Å²) in [5.41, 5.74) is 5.74. The molecule has 1 fully saturated rings. The summed E-state index contributed by atoms with van der Waals surface area (Å²) in [6.45, 7) is 4.44. The first-order valence-corrected chi connectivity index (χ1v) is 7.76. The normalized spacial score (nSPS) is 24.9. The van der Waals surface area contributed by atoms with Crippen LogP contribution < -0.4 is 0 Å². The molecule has 4 rings (SSSR count). The van der Waals surface area contributed by atoms with Crippen molar-refractivity contribution in [1.82, 2.24) is 9.47 Å². The first kappa shape index (κ1) is 13.1. The molecule has 0 spiro atoms. The molecule has 3 heteroatoms. The Labute approximate surface area is 125 Å². The highest BCUT2D eigenvalue weighted by Gasteiger charge is 2.41. The maximum absolute atomic E-state index is 13.0. The van der Waals surface area contributed by atoms with E-state index in [9.17, 15) is 4.39 Å². The fourth-order valence-electron chi connectivity index (χ4n) is 3.74. The standard InChI is InChI=1S/C18H21FN2/c1-12-10-21(17-7-8-20(2)11-16(12)17)18-9-15(18)13-3-5-14(19)6-4-13/h3-6,10,15,18H,7-9,11H2,1-2H3. The number of halogens is 1. The van der Waals surface area contributed by atoms with Crippen molar-refractivity contribution in [3.8, 4) is 0 Å². The van der Waals surface area contributed by atoms with Gasteiger partial charge in [0.1, 0.15) is 5.82 Å². The van der Waals surface area contributed by atoms with Gasteiger partial charge in [0, 0.05) is 43.4 Å². The fraction of sp³-hybridized carbons (Fsp3) is 0.444. The number of nitrogens with zero attached hydrogens (tertiary/aromatic N) is 2. The van der Waals surface area contributed by atoms with Gasteiger partial charge in [0.15, 0.2) is 0 Å². The maximum Gasteiger partial charge on any atom is 0.123 e. The second kappa shape index (κ2) is 4.70. The largest absolute Gasteiger partial charge is 0.347 e. The van der Waals surface area contributed by atoms with E-state index < -0.39 is 0 Å². The van der Waals surface area contributed by atoms with Crippen molar-refractivity contribution in [2.75, 3.05) is 13.6 Å². The monoisotopic (exact) mass is 284 g/mol. The van der Waals surface area contributed by atoms with Crippen LogP contribution in [-0.2, 0) is 13.0 Å². The zero-order valence-corrected chi connectivity index (χ0v) is 12.6. The zero-order chi connectivity index (χ0) is 14.6. The lowest BCUT2D eigenvalue weighted by Gasteiger charge is -2.24. The molecule has 1 aromatic heterocycles. The molecule has 1 aliphatic carbocycles. The molecule has 2 atom stereocenters. The minimum atomic E-state index is -0.145. The molecule has 0 N–H and O–H groups in total. The number of hydrogen-bond donors (Lipinski definition) is 0. The molecule has 110 valence electrons. The van der Waals surface area contributed by atoms with Crippen LogP contribution in [-0.4, -0.2) is 23.1 Å². The van der Waals surface area contributed by atoms with Crippen LogP contribution in [0.1, 0.15) is 40.8 Å². The first-order valence-electron chi connectivity index (χ1n) is 7.76. The second-order valence-corrected chi connectivity index (χ2v) is 6.59. The predicted molar refractivity (Wildman–Crippen MR) is 82.0 cm³/mol. The van der Waals surface area contributed by atoms with Crippen LogP contribution in [0, 0.1) is 12.7 Å². The predicted octanol–water partition coefficient (Wildman–Crippen LogP) is 3.65. The zero-order valence-electron chi connectivity index (χ0n) is 12.6. The quantitative estimate of drug-likeness (QED) is 0.817. The van der Waals surface area contributed by atoms with Crippen LogP contribution in [0.3, 0.4) is 0 Å². The molecule has 2 nitrogen and oxygen atoms in total. The van der Waals surface area contributed by atoms with Gasteiger partial charge in [-0.1, -0.05) is 12.1 Å². The number of hydrogen-bond acceptors (Lipinski definition) is 1. The molecular formula is C18H21FN2. The molecule has 2 aliphatic rings. The molecule has 0 bridgehead atoms. The van der Waals surface area contributed by atoms with E-state index >= 15 is 0 Å². The number of aryl methyl sites for hydroxylation is 1. The van der Waals surface area contributed by atoms with Crippen LogP contribution in [0.5, 0.6) is 0 Å². The third-order valence-electron chi connectivity index (χ3n) is 5.04. The van der Waals surface area contributed by atoms with E-state index in [0.717, 1.165) is 19.5 Å². The lowest BCUT2D eigenvalue weighted by molar-refractivity contribution is 0.307. The van der Waals surface area contributed by atoms with Gasteiger partial charge in [0.25, 0.3) is 0 Å². The van der Waals surface area contributed by atoms with Crippen LogP contribution in [0.25, 0.3) is 0 Å². The lowest BCUT2D eigenvalue weighted by atomic mass is 10.1. The van der Waals surface area contributed by atoms with Crippen molar-refractivity contribution in [3.05, 3.63) is 58.7 Å². The molecule has 0 amide bonds. The molecular weight excluding hydrogens is 263 g/mol. The van der Waals surface area contributed by atoms with E-state index in [0.29, 0.717) is 12.0 Å². The Morgan fingerprint density at radius 3 is 2.71 bits per heavy atom. The average molecular weight is 284 g/mol. The summed E-state index contributed by atoms with van der Waals surface area (Å²) >= 11 is 0. The molecule has 2 aromatic rings. The molecule has 1 aliphatic heterocycles. The van der Waals surface area contributed by atoms with Crippen molar-refractivity contribution in [2.24, 2.45) is 0 Å². The highest BCUT2D eigenvalue weighted by atomic mass is 19.1. The van der Waals surface area contributed by atoms with Gasteiger partial charge >= 0.3 is 0 Å². The van der Waals surface area contributed by atoms with Crippen molar-refractivity contribution in [2.45, 2.75) is 38.3 Å². The SMILES string of the molecule is Cc1cn(C2CC2c2ccc(F)cc2)c2c1CN(C)CC2. The summed E-state index contributed by atoms with van der Waals surface area (Å²) in [5, 5.41) is 0. The third kappa shape index (κ3) is 2.20. The van der Waals surface area contributed by atoms with Crippen molar-refractivity contribution in [3.63, 3.8) is 0 Å². The first-order chi connectivity index (χ1) is 10.1. The van der Waals surface area contributed by atoms with Gasteiger partial charge in [-0.05, 0) is 49.2 Å². The Morgan fingerprint density at radius 1 is 1.19 bits per heavy atom. The summed E-state index contributed by atoms with van der Waals surface area (Å²) in [5.74, 6) is 0.411. The number of benzene rings is 1. The van der Waals surface area contributed by atoms with E-state index in [1.807, 2.05) is 12.1 Å². The summed E-state index contributed by atoms with van der Waals surface area (Å²) < 4.78 is 15.6. The number of fused-ring (bicyclic) bond motifs is 1. The molecule has 21 heavy (non-hydrogen) atoms. The summed E-state index contributed by atoms with van der Waals surface area (Å²) in [7, 11) is 2.19. The third-order valence-corrected chi connectivity index (χ3v) is 5.04. The van der Waals surface area contributed by atoms with Crippen LogP contribution in [0.4, 0.5) is 4.39 Å². The van der Waals surface area contributed by atoms with Crippen molar-refractivity contribution >= 4 is 0 Å². The van der Waals surface area contributed by atoms with Crippen molar-refractivity contribution < 1.29 is 4.39 Å². The van der Waals surface area contributed by atoms with Gasteiger partial charge in [-0.2, -0.15) is 0 Å². The Bertz CT molecular complexity index is 671. The lowest BCUT2D eigenvalue weighted by Crippen LogP contribution is -2.27. The Kier molecular flexibility index (Phi) is 2.93.